The number of alkyl halides is 3. The van der Waals surface area contributed by atoms with Crippen LogP contribution in [0.1, 0.15) is 22.8 Å². The first-order valence-corrected chi connectivity index (χ1v) is 6.61. The van der Waals surface area contributed by atoms with Crippen LogP contribution in [0.3, 0.4) is 0 Å². The number of ketones is 1. The number of Topliss-reactive ketones (excluding diaryl/α,β-unsaturated/α-hetero) is 1. The third-order valence-electron chi connectivity index (χ3n) is 2.62. The Morgan fingerprint density at radius 3 is 2.43 bits per heavy atom. The van der Waals surface area contributed by atoms with Gasteiger partial charge in [-0.05, 0) is 25.1 Å². The van der Waals surface area contributed by atoms with E-state index < -0.39 is 17.6 Å². The molecule has 0 atom stereocenters. The molecule has 21 heavy (non-hydrogen) atoms. The highest BCUT2D eigenvalue weighted by Crippen LogP contribution is 2.34. The normalized spacial score (nSPS) is 11.5. The van der Waals surface area contributed by atoms with Crippen LogP contribution in [-0.4, -0.2) is 10.8 Å². The number of benzene rings is 1. The summed E-state index contributed by atoms with van der Waals surface area (Å²) in [6.45, 7) is 1.29. The zero-order valence-electron chi connectivity index (χ0n) is 10.7. The summed E-state index contributed by atoms with van der Waals surface area (Å²) in [7, 11) is 0. The smallest absolute Gasteiger partial charge is 0.294 e. The van der Waals surface area contributed by atoms with Crippen molar-refractivity contribution in [2.24, 2.45) is 0 Å². The molecule has 110 valence electrons. The predicted molar refractivity (Wildman–Crippen MR) is 69.8 cm³/mol. The Balaban J connectivity index is 2.33. The Kier molecular flexibility index (Phi) is 4.32. The monoisotopic (exact) mass is 315 g/mol. The summed E-state index contributed by atoms with van der Waals surface area (Å²) in [6, 6.07) is 6.04. The van der Waals surface area contributed by atoms with Gasteiger partial charge in [0.25, 0.3) is 0 Å². The Labute approximate surface area is 122 Å². The fraction of sp³-hybridized carbons (Fsp3) is 0.143. The molecule has 0 amide bonds. The van der Waals surface area contributed by atoms with Crippen LogP contribution in [0, 0.1) is 5.82 Å². The van der Waals surface area contributed by atoms with Crippen molar-refractivity contribution in [1.82, 2.24) is 4.98 Å². The minimum atomic E-state index is -4.47. The largest absolute Gasteiger partial charge is 0.417 e. The van der Waals surface area contributed by atoms with Gasteiger partial charge in [0.05, 0.1) is 10.5 Å². The summed E-state index contributed by atoms with van der Waals surface area (Å²) < 4.78 is 51.1. The van der Waals surface area contributed by atoms with E-state index in [0.717, 1.165) is 23.9 Å². The maximum absolute atomic E-state index is 13.8. The molecule has 7 heteroatoms. The second kappa shape index (κ2) is 5.85. The number of pyridine rings is 1. The van der Waals surface area contributed by atoms with E-state index >= 15 is 0 Å². The van der Waals surface area contributed by atoms with Crippen LogP contribution in [0.5, 0.6) is 0 Å². The van der Waals surface area contributed by atoms with E-state index in [-0.39, 0.29) is 21.3 Å². The van der Waals surface area contributed by atoms with Crippen LogP contribution in [0.25, 0.3) is 0 Å². The second-order valence-corrected chi connectivity index (χ2v) is 5.19. The topological polar surface area (TPSA) is 30.0 Å². The average Bonchev–Trinajstić information content (AvgIpc) is 2.40. The third kappa shape index (κ3) is 3.60. The van der Waals surface area contributed by atoms with Crippen molar-refractivity contribution in [2.45, 2.75) is 23.0 Å². The number of carbonyl (C=O) groups excluding carboxylic acids is 1. The zero-order chi connectivity index (χ0) is 15.6. The zero-order valence-corrected chi connectivity index (χ0v) is 11.6. The minimum absolute atomic E-state index is 0.0530. The lowest BCUT2D eigenvalue weighted by atomic mass is 10.1. The van der Waals surface area contributed by atoms with Gasteiger partial charge in [0.2, 0.25) is 0 Å². The molecule has 1 aromatic carbocycles. The van der Waals surface area contributed by atoms with E-state index in [1.165, 1.54) is 25.1 Å². The molecular weight excluding hydrogens is 306 g/mol. The summed E-state index contributed by atoms with van der Waals surface area (Å²) in [5.74, 6) is -0.946. The number of rotatable bonds is 3. The molecule has 0 spiro atoms. The number of aromatic nitrogens is 1. The second-order valence-electron chi connectivity index (χ2n) is 4.16. The number of halogens is 4. The third-order valence-corrected chi connectivity index (χ3v) is 3.69. The molecule has 2 aromatic rings. The van der Waals surface area contributed by atoms with Crippen LogP contribution in [0.2, 0.25) is 0 Å². The lowest BCUT2D eigenvalue weighted by Gasteiger charge is -2.09. The van der Waals surface area contributed by atoms with Gasteiger partial charge < -0.3 is 0 Å². The molecule has 0 aliphatic rings. The van der Waals surface area contributed by atoms with Crippen molar-refractivity contribution in [3.05, 3.63) is 53.5 Å². The van der Waals surface area contributed by atoms with Crippen LogP contribution >= 0.6 is 11.8 Å². The van der Waals surface area contributed by atoms with E-state index in [1.54, 1.807) is 0 Å². The molecule has 0 aliphatic heterocycles. The molecular formula is C14H9F4NOS. The molecule has 1 heterocycles. The highest BCUT2D eigenvalue weighted by atomic mass is 32.2. The number of hydrogen-bond donors (Lipinski definition) is 0. The van der Waals surface area contributed by atoms with Gasteiger partial charge in [-0.2, -0.15) is 13.2 Å². The molecule has 2 rings (SSSR count). The number of carbonyl (C=O) groups is 1. The van der Waals surface area contributed by atoms with E-state index in [9.17, 15) is 22.4 Å². The molecule has 0 unspecified atom stereocenters. The maximum atomic E-state index is 13.8. The molecule has 1 aromatic heterocycles. The summed E-state index contributed by atoms with van der Waals surface area (Å²) >= 11 is 0.814. The fourth-order valence-corrected chi connectivity index (χ4v) is 2.54. The van der Waals surface area contributed by atoms with Crippen molar-refractivity contribution >= 4 is 17.5 Å². The maximum Gasteiger partial charge on any atom is 0.417 e. The molecule has 0 N–H and O–H groups in total. The van der Waals surface area contributed by atoms with Crippen LogP contribution in [-0.2, 0) is 6.18 Å². The SMILES string of the molecule is CC(=O)c1cccc(F)c1Sc1ccc(C(F)(F)F)cn1. The highest BCUT2D eigenvalue weighted by molar-refractivity contribution is 7.99. The predicted octanol–water partition coefficient (Wildman–Crippen LogP) is 4.59. The molecule has 0 bridgehead atoms. The molecule has 0 saturated carbocycles. The lowest BCUT2D eigenvalue weighted by Crippen LogP contribution is -2.05. The van der Waals surface area contributed by atoms with Crippen molar-refractivity contribution in [1.29, 1.82) is 0 Å². The van der Waals surface area contributed by atoms with Crippen molar-refractivity contribution in [3.63, 3.8) is 0 Å². The fourth-order valence-electron chi connectivity index (χ4n) is 1.60. The highest BCUT2D eigenvalue weighted by Gasteiger charge is 2.30. The van der Waals surface area contributed by atoms with E-state index in [1.807, 2.05) is 0 Å². The average molecular weight is 315 g/mol. The van der Waals surface area contributed by atoms with Gasteiger partial charge in [0.1, 0.15) is 10.8 Å². The minimum Gasteiger partial charge on any atom is -0.294 e. The van der Waals surface area contributed by atoms with Gasteiger partial charge >= 0.3 is 6.18 Å². The molecule has 0 fully saturated rings. The van der Waals surface area contributed by atoms with Gasteiger partial charge in [-0.15, -0.1) is 0 Å². The van der Waals surface area contributed by atoms with Crippen LogP contribution in [0.15, 0.2) is 46.5 Å². The van der Waals surface area contributed by atoms with Crippen molar-refractivity contribution in [2.75, 3.05) is 0 Å². The molecule has 0 radical (unpaired) electrons. The Morgan fingerprint density at radius 2 is 1.90 bits per heavy atom. The quantitative estimate of drug-likeness (QED) is 0.613. The number of nitrogens with zero attached hydrogens (tertiary/aromatic N) is 1. The van der Waals surface area contributed by atoms with Gasteiger partial charge in [0.15, 0.2) is 5.78 Å². The first-order valence-electron chi connectivity index (χ1n) is 5.79. The van der Waals surface area contributed by atoms with E-state index in [0.29, 0.717) is 6.20 Å². The number of hydrogen-bond acceptors (Lipinski definition) is 3. The summed E-state index contributed by atoms with van der Waals surface area (Å²) in [5.41, 5.74) is -0.714. The Bertz CT molecular complexity index is 668. The van der Waals surface area contributed by atoms with Crippen LogP contribution < -0.4 is 0 Å². The van der Waals surface area contributed by atoms with E-state index in [2.05, 4.69) is 4.98 Å². The van der Waals surface area contributed by atoms with Crippen molar-refractivity contribution < 1.29 is 22.4 Å². The molecule has 2 nitrogen and oxygen atoms in total. The first kappa shape index (κ1) is 15.5. The lowest BCUT2D eigenvalue weighted by molar-refractivity contribution is -0.137. The van der Waals surface area contributed by atoms with Gasteiger partial charge in [-0.1, -0.05) is 23.9 Å². The van der Waals surface area contributed by atoms with Crippen molar-refractivity contribution in [3.8, 4) is 0 Å². The Morgan fingerprint density at radius 1 is 1.19 bits per heavy atom. The Hall–Kier alpha value is -1.89. The summed E-state index contributed by atoms with van der Waals surface area (Å²) in [4.78, 5) is 15.1. The molecule has 0 aliphatic carbocycles. The molecule has 0 saturated heterocycles. The van der Waals surface area contributed by atoms with Gasteiger partial charge in [0, 0.05) is 11.8 Å². The summed E-state index contributed by atoms with van der Waals surface area (Å²) in [5, 5.41) is 0.176. The first-order chi connectivity index (χ1) is 9.79. The standard InChI is InChI=1S/C14H9F4NOS/c1-8(20)10-3-2-4-11(15)13(10)21-12-6-5-9(7-19-12)14(16,17)18/h2-7H,1H3. The summed E-state index contributed by atoms with van der Waals surface area (Å²) in [6.07, 6.45) is -3.80. The van der Waals surface area contributed by atoms with E-state index in [4.69, 9.17) is 0 Å². The van der Waals surface area contributed by atoms with Gasteiger partial charge in [-0.25, -0.2) is 9.37 Å². The van der Waals surface area contributed by atoms with Crippen LogP contribution in [0.4, 0.5) is 17.6 Å². The van der Waals surface area contributed by atoms with Gasteiger partial charge in [-0.3, -0.25) is 4.79 Å².